The molecular formula is C27H23N3O3. The lowest BCUT2D eigenvalue weighted by molar-refractivity contribution is 0.414. The molecule has 0 bridgehead atoms. The molecule has 33 heavy (non-hydrogen) atoms. The van der Waals surface area contributed by atoms with Gasteiger partial charge in [-0.2, -0.15) is 0 Å². The summed E-state index contributed by atoms with van der Waals surface area (Å²) in [4.78, 5) is 19.8. The summed E-state index contributed by atoms with van der Waals surface area (Å²) in [5, 5.41) is 0.954. The number of imidazole rings is 1. The highest BCUT2D eigenvalue weighted by Crippen LogP contribution is 2.37. The highest BCUT2D eigenvalue weighted by Gasteiger charge is 2.31. The average molecular weight is 437 g/mol. The normalized spacial score (nSPS) is 15.7. The summed E-state index contributed by atoms with van der Waals surface area (Å²) in [6.45, 7) is 3.42. The molecule has 3 aromatic carbocycles. The van der Waals surface area contributed by atoms with Crippen molar-refractivity contribution in [2.24, 2.45) is 0 Å². The molecule has 1 unspecified atom stereocenters. The van der Waals surface area contributed by atoms with Crippen LogP contribution in [-0.2, 0) is 6.67 Å². The number of aryl methyl sites for hydroxylation is 1. The topological polar surface area (TPSA) is 60.5 Å². The number of anilines is 1. The number of ether oxygens (including phenoxy) is 1. The summed E-state index contributed by atoms with van der Waals surface area (Å²) in [5.74, 6) is 1.69. The summed E-state index contributed by atoms with van der Waals surface area (Å²) >= 11 is 0. The van der Waals surface area contributed by atoms with Crippen LogP contribution >= 0.6 is 0 Å². The SMILES string of the molecule is COc1ccc(N2CC(c3cc(=O)oc4ccc(C)cc34)c3nc4ccccc4n3C2)cc1. The maximum Gasteiger partial charge on any atom is 0.336 e. The molecule has 6 nitrogen and oxygen atoms in total. The molecule has 0 N–H and O–H groups in total. The van der Waals surface area contributed by atoms with Gasteiger partial charge in [0.1, 0.15) is 17.2 Å². The number of hydrogen-bond donors (Lipinski definition) is 0. The van der Waals surface area contributed by atoms with Crippen LogP contribution in [0.1, 0.15) is 22.9 Å². The Bertz CT molecular complexity index is 1550. The van der Waals surface area contributed by atoms with Gasteiger partial charge >= 0.3 is 5.63 Å². The molecule has 6 rings (SSSR count). The Balaban J connectivity index is 1.57. The van der Waals surface area contributed by atoms with Gasteiger partial charge in [0.15, 0.2) is 0 Å². The van der Waals surface area contributed by atoms with Crippen molar-refractivity contribution in [2.75, 3.05) is 18.6 Å². The Labute approximate surface area is 190 Å². The molecule has 3 heterocycles. The zero-order valence-corrected chi connectivity index (χ0v) is 18.5. The first-order valence-electron chi connectivity index (χ1n) is 11.0. The number of benzene rings is 3. The molecule has 1 aliphatic rings. The van der Waals surface area contributed by atoms with Crippen molar-refractivity contribution in [2.45, 2.75) is 19.5 Å². The van der Waals surface area contributed by atoms with Gasteiger partial charge in [0.05, 0.1) is 30.7 Å². The highest BCUT2D eigenvalue weighted by atomic mass is 16.5. The lowest BCUT2D eigenvalue weighted by atomic mass is 9.92. The molecule has 0 amide bonds. The van der Waals surface area contributed by atoms with E-state index in [1.807, 2.05) is 49.4 Å². The van der Waals surface area contributed by atoms with Gasteiger partial charge in [0.25, 0.3) is 0 Å². The van der Waals surface area contributed by atoms with Gasteiger partial charge in [-0.1, -0.05) is 23.8 Å². The predicted molar refractivity (Wildman–Crippen MR) is 129 cm³/mol. The van der Waals surface area contributed by atoms with E-state index in [2.05, 4.69) is 33.7 Å². The summed E-state index contributed by atoms with van der Waals surface area (Å²) in [6, 6.07) is 23.8. The van der Waals surface area contributed by atoms with Crippen LogP contribution in [0, 0.1) is 6.92 Å². The third kappa shape index (κ3) is 3.26. The van der Waals surface area contributed by atoms with Gasteiger partial charge in [0.2, 0.25) is 0 Å². The number of aromatic nitrogens is 2. The second-order valence-corrected chi connectivity index (χ2v) is 8.52. The van der Waals surface area contributed by atoms with Crippen molar-refractivity contribution in [1.82, 2.24) is 9.55 Å². The molecule has 0 spiro atoms. The predicted octanol–water partition coefficient (Wildman–Crippen LogP) is 5.07. The zero-order chi connectivity index (χ0) is 22.5. The second-order valence-electron chi connectivity index (χ2n) is 8.52. The maximum atomic E-state index is 12.5. The summed E-state index contributed by atoms with van der Waals surface area (Å²) in [5.41, 5.74) is 5.45. The molecule has 0 radical (unpaired) electrons. The summed E-state index contributed by atoms with van der Waals surface area (Å²) < 4.78 is 13.1. The number of fused-ring (bicyclic) bond motifs is 4. The fraction of sp³-hybridized carbons (Fsp3) is 0.185. The largest absolute Gasteiger partial charge is 0.497 e. The van der Waals surface area contributed by atoms with E-state index in [4.69, 9.17) is 14.1 Å². The van der Waals surface area contributed by atoms with Gasteiger partial charge in [-0.05, 0) is 61.0 Å². The van der Waals surface area contributed by atoms with Crippen molar-refractivity contribution in [3.05, 3.63) is 100 Å². The molecule has 1 aliphatic heterocycles. The third-order valence-electron chi connectivity index (χ3n) is 6.45. The van der Waals surface area contributed by atoms with Crippen molar-refractivity contribution in [1.29, 1.82) is 0 Å². The maximum absolute atomic E-state index is 12.5. The highest BCUT2D eigenvalue weighted by molar-refractivity contribution is 5.83. The molecule has 0 aliphatic carbocycles. The molecule has 0 fully saturated rings. The minimum absolute atomic E-state index is 0.0957. The Morgan fingerprint density at radius 2 is 1.85 bits per heavy atom. The molecule has 5 aromatic rings. The lowest BCUT2D eigenvalue weighted by Crippen LogP contribution is -2.38. The standard InChI is InChI=1S/C27H23N3O3/c1-17-7-12-25-21(13-17)20(14-26(31)33-25)22-15-29(18-8-10-19(32-2)11-9-18)16-30-24-6-4-3-5-23(24)28-27(22)30/h3-14,22H,15-16H2,1-2H3. The second kappa shape index (κ2) is 7.52. The van der Waals surface area contributed by atoms with E-state index in [1.54, 1.807) is 13.2 Å². The Morgan fingerprint density at radius 1 is 1.03 bits per heavy atom. The molecule has 164 valence electrons. The van der Waals surface area contributed by atoms with E-state index in [1.165, 1.54) is 0 Å². The first-order chi connectivity index (χ1) is 16.1. The van der Waals surface area contributed by atoms with Crippen LogP contribution in [0.25, 0.3) is 22.0 Å². The molecular weight excluding hydrogens is 414 g/mol. The smallest absolute Gasteiger partial charge is 0.336 e. The third-order valence-corrected chi connectivity index (χ3v) is 6.45. The Kier molecular flexibility index (Phi) is 4.47. The molecule has 2 aromatic heterocycles. The minimum atomic E-state index is -0.342. The Hall–Kier alpha value is -4.06. The van der Waals surface area contributed by atoms with E-state index < -0.39 is 0 Å². The summed E-state index contributed by atoms with van der Waals surface area (Å²) in [6.07, 6.45) is 0. The van der Waals surface area contributed by atoms with E-state index in [0.717, 1.165) is 44.8 Å². The minimum Gasteiger partial charge on any atom is -0.497 e. The molecule has 6 heteroatoms. The number of methoxy groups -OCH3 is 1. The van der Waals surface area contributed by atoms with Gasteiger partial charge in [0, 0.05) is 23.7 Å². The van der Waals surface area contributed by atoms with Crippen molar-refractivity contribution < 1.29 is 9.15 Å². The number of hydrogen-bond acceptors (Lipinski definition) is 5. The molecule has 0 saturated carbocycles. The van der Waals surface area contributed by atoms with Gasteiger partial charge < -0.3 is 18.6 Å². The van der Waals surface area contributed by atoms with E-state index in [-0.39, 0.29) is 11.5 Å². The first-order valence-corrected chi connectivity index (χ1v) is 11.0. The summed E-state index contributed by atoms with van der Waals surface area (Å²) in [7, 11) is 1.67. The lowest BCUT2D eigenvalue weighted by Gasteiger charge is -2.36. The van der Waals surface area contributed by atoms with Crippen LogP contribution in [0.4, 0.5) is 5.69 Å². The average Bonchev–Trinajstić information content (AvgIpc) is 3.22. The van der Waals surface area contributed by atoms with Gasteiger partial charge in [-0.15, -0.1) is 0 Å². The fourth-order valence-corrected chi connectivity index (χ4v) is 4.85. The van der Waals surface area contributed by atoms with E-state index in [0.29, 0.717) is 18.8 Å². The van der Waals surface area contributed by atoms with Crippen molar-refractivity contribution in [3.8, 4) is 5.75 Å². The van der Waals surface area contributed by atoms with Gasteiger partial charge in [-0.3, -0.25) is 0 Å². The van der Waals surface area contributed by atoms with Crippen LogP contribution in [0.3, 0.4) is 0 Å². The molecule has 1 atom stereocenters. The monoisotopic (exact) mass is 437 g/mol. The zero-order valence-electron chi connectivity index (χ0n) is 18.5. The van der Waals surface area contributed by atoms with E-state index >= 15 is 0 Å². The number of rotatable bonds is 3. The van der Waals surface area contributed by atoms with Gasteiger partial charge in [-0.25, -0.2) is 9.78 Å². The molecule has 0 saturated heterocycles. The van der Waals surface area contributed by atoms with Crippen molar-refractivity contribution in [3.63, 3.8) is 0 Å². The number of nitrogens with zero attached hydrogens (tertiary/aromatic N) is 3. The van der Waals surface area contributed by atoms with Crippen LogP contribution in [0.15, 0.2) is 82.0 Å². The first kappa shape index (κ1) is 19.6. The Morgan fingerprint density at radius 3 is 2.67 bits per heavy atom. The van der Waals surface area contributed by atoms with Crippen LogP contribution in [-0.4, -0.2) is 23.2 Å². The fourth-order valence-electron chi connectivity index (χ4n) is 4.85. The quantitative estimate of drug-likeness (QED) is 0.369. The van der Waals surface area contributed by atoms with Crippen LogP contribution in [0.2, 0.25) is 0 Å². The number of para-hydroxylation sites is 2. The van der Waals surface area contributed by atoms with E-state index in [9.17, 15) is 4.79 Å². The van der Waals surface area contributed by atoms with Crippen LogP contribution in [0.5, 0.6) is 5.75 Å². The van der Waals surface area contributed by atoms with Crippen molar-refractivity contribution >= 4 is 27.7 Å². The van der Waals surface area contributed by atoms with Crippen LogP contribution < -0.4 is 15.3 Å².